The molecule has 0 radical (unpaired) electrons. The summed E-state index contributed by atoms with van der Waals surface area (Å²) in [5, 5.41) is 10.7. The van der Waals surface area contributed by atoms with Crippen LogP contribution < -0.4 is 0 Å². The molecule has 0 bridgehead atoms. The van der Waals surface area contributed by atoms with E-state index in [0.717, 1.165) is 108 Å². The quantitative estimate of drug-likeness (QED) is 0.0222. The minimum absolute atomic E-state index is 0.107. The molecular weight excluding hydrogens is 1370 g/mol. The fraction of sp³-hybridized carbons (Fsp3) is 0.953. The molecule has 105 heavy (non-hydrogen) atoms. The van der Waals surface area contributed by atoms with Crippen molar-refractivity contribution in [1.82, 2.24) is 0 Å². The van der Waals surface area contributed by atoms with Crippen LogP contribution in [0.25, 0.3) is 0 Å². The molecule has 0 aliphatic heterocycles. The highest BCUT2D eigenvalue weighted by Gasteiger charge is 2.30. The van der Waals surface area contributed by atoms with Crippen LogP contribution in [0.15, 0.2) is 0 Å². The molecule has 3 unspecified atom stereocenters. The Kier molecular flexibility index (Phi) is 74.7. The lowest BCUT2D eigenvalue weighted by atomic mass is 9.99. The van der Waals surface area contributed by atoms with Crippen LogP contribution in [0, 0.1) is 17.8 Å². The van der Waals surface area contributed by atoms with Crippen molar-refractivity contribution >= 4 is 39.5 Å². The van der Waals surface area contributed by atoms with E-state index in [9.17, 15) is 43.2 Å². The van der Waals surface area contributed by atoms with E-state index in [0.29, 0.717) is 25.7 Å². The van der Waals surface area contributed by atoms with Crippen molar-refractivity contribution in [1.29, 1.82) is 0 Å². The molecule has 0 saturated heterocycles. The smallest absolute Gasteiger partial charge is 0.462 e. The Morgan fingerprint density at radius 2 is 0.486 bits per heavy atom. The summed E-state index contributed by atoms with van der Waals surface area (Å²) in [5.74, 6) is 0.259. The summed E-state index contributed by atoms with van der Waals surface area (Å²) < 4.78 is 68.9. The Bertz CT molecular complexity index is 2030. The van der Waals surface area contributed by atoms with Gasteiger partial charge < -0.3 is 33.8 Å². The molecule has 0 fully saturated rings. The van der Waals surface area contributed by atoms with E-state index < -0.39 is 97.5 Å². The molecule has 0 rings (SSSR count). The Morgan fingerprint density at radius 3 is 0.724 bits per heavy atom. The van der Waals surface area contributed by atoms with Crippen molar-refractivity contribution in [2.24, 2.45) is 17.8 Å². The molecule has 624 valence electrons. The van der Waals surface area contributed by atoms with Crippen molar-refractivity contribution in [2.45, 2.75) is 471 Å². The van der Waals surface area contributed by atoms with E-state index in [4.69, 9.17) is 37.0 Å². The van der Waals surface area contributed by atoms with E-state index in [-0.39, 0.29) is 25.7 Å². The molecule has 0 aliphatic carbocycles. The largest absolute Gasteiger partial charge is 0.472 e. The number of rotatable bonds is 84. The zero-order valence-electron chi connectivity index (χ0n) is 69.2. The predicted octanol–water partition coefficient (Wildman–Crippen LogP) is 26.1. The summed E-state index contributed by atoms with van der Waals surface area (Å²) in [6.07, 6.45) is 66.6. The van der Waals surface area contributed by atoms with Crippen LogP contribution in [0.2, 0.25) is 0 Å². The molecule has 0 aliphatic rings. The van der Waals surface area contributed by atoms with Crippen LogP contribution >= 0.6 is 15.6 Å². The number of ether oxygens (including phenoxy) is 4. The number of aliphatic hydroxyl groups is 1. The van der Waals surface area contributed by atoms with Gasteiger partial charge in [-0.05, 0) is 43.4 Å². The van der Waals surface area contributed by atoms with E-state index in [1.54, 1.807) is 0 Å². The first-order valence-corrected chi connectivity index (χ1v) is 47.4. The van der Waals surface area contributed by atoms with Gasteiger partial charge in [0.2, 0.25) is 0 Å². The first-order valence-electron chi connectivity index (χ1n) is 44.4. The van der Waals surface area contributed by atoms with Crippen molar-refractivity contribution in [3.05, 3.63) is 0 Å². The summed E-state index contributed by atoms with van der Waals surface area (Å²) in [7, 11) is -9.93. The van der Waals surface area contributed by atoms with Gasteiger partial charge in [0.25, 0.3) is 0 Å². The maximum absolute atomic E-state index is 13.2. The maximum Gasteiger partial charge on any atom is 0.472 e. The molecule has 0 aromatic rings. The van der Waals surface area contributed by atoms with Gasteiger partial charge in [-0.25, -0.2) is 9.13 Å². The standard InChI is InChI=1S/C86H168O17P2/c1-8-10-11-12-13-14-15-16-17-18-19-20-24-27-33-38-46-53-60-67-83(88)96-73-81(102-85(90)69-62-55-48-39-34-28-25-22-21-23-26-31-36-43-50-57-64-77(3)4)75-100-104(92,93)98-71-80(87)72-99-105(94,95)101-76-82(74-97-84(89)68-61-54-47-42-41-45-52-59-66-79(7)9-2)103-86(91)70-63-56-49-40-35-30-29-32-37-44-51-58-65-78(5)6/h77-82,87H,8-76H2,1-7H3,(H,92,93)(H,94,95)/t79?,80-,81-,82-/m1/s1. The average molecular weight is 1540 g/mol. The molecule has 6 atom stereocenters. The van der Waals surface area contributed by atoms with E-state index in [1.807, 2.05) is 0 Å². The van der Waals surface area contributed by atoms with Crippen molar-refractivity contribution in [3.8, 4) is 0 Å². The fourth-order valence-electron chi connectivity index (χ4n) is 13.3. The van der Waals surface area contributed by atoms with E-state index >= 15 is 0 Å². The molecule has 0 spiro atoms. The summed E-state index contributed by atoms with van der Waals surface area (Å²) in [6, 6.07) is 0. The number of esters is 4. The molecule has 17 nitrogen and oxygen atoms in total. The van der Waals surface area contributed by atoms with Gasteiger partial charge in [-0.3, -0.25) is 37.3 Å². The molecular formula is C86H168O17P2. The van der Waals surface area contributed by atoms with Crippen LogP contribution in [0.5, 0.6) is 0 Å². The van der Waals surface area contributed by atoms with Crippen molar-refractivity contribution in [2.75, 3.05) is 39.6 Å². The Labute approximate surface area is 645 Å². The minimum Gasteiger partial charge on any atom is -0.462 e. The molecule has 0 aromatic heterocycles. The number of aliphatic hydroxyl groups excluding tert-OH is 1. The van der Waals surface area contributed by atoms with Crippen LogP contribution in [-0.2, 0) is 65.4 Å². The number of hydrogen-bond donors (Lipinski definition) is 3. The second-order valence-corrected chi connectivity index (χ2v) is 35.0. The zero-order chi connectivity index (χ0) is 77.2. The topological polar surface area (TPSA) is 237 Å². The second-order valence-electron chi connectivity index (χ2n) is 32.1. The van der Waals surface area contributed by atoms with Gasteiger partial charge >= 0.3 is 39.5 Å². The third-order valence-corrected chi connectivity index (χ3v) is 22.4. The molecule has 19 heteroatoms. The van der Waals surface area contributed by atoms with Crippen LogP contribution in [0.4, 0.5) is 0 Å². The first kappa shape index (κ1) is 103. The predicted molar refractivity (Wildman–Crippen MR) is 432 cm³/mol. The van der Waals surface area contributed by atoms with Gasteiger partial charge in [0.15, 0.2) is 12.2 Å². The van der Waals surface area contributed by atoms with Gasteiger partial charge in [-0.1, -0.05) is 402 Å². The molecule has 3 N–H and O–H groups in total. The zero-order valence-corrected chi connectivity index (χ0v) is 71.0. The Hall–Kier alpha value is -1.94. The normalized spacial score (nSPS) is 14.1. The van der Waals surface area contributed by atoms with Gasteiger partial charge in [0.05, 0.1) is 26.4 Å². The van der Waals surface area contributed by atoms with E-state index in [1.165, 1.54) is 263 Å². The Morgan fingerprint density at radius 1 is 0.276 bits per heavy atom. The summed E-state index contributed by atoms with van der Waals surface area (Å²) in [5.41, 5.74) is 0. The highest BCUT2D eigenvalue weighted by molar-refractivity contribution is 7.47. The third-order valence-electron chi connectivity index (χ3n) is 20.5. The lowest BCUT2D eigenvalue weighted by Crippen LogP contribution is -2.30. The van der Waals surface area contributed by atoms with Gasteiger partial charge in [0.1, 0.15) is 19.3 Å². The Balaban J connectivity index is 5.26. The molecule has 0 aromatic carbocycles. The van der Waals surface area contributed by atoms with Crippen LogP contribution in [0.3, 0.4) is 0 Å². The summed E-state index contributed by atoms with van der Waals surface area (Å²) in [6.45, 7) is 12.0. The first-order chi connectivity index (χ1) is 50.8. The third kappa shape index (κ3) is 78.5. The highest BCUT2D eigenvalue weighted by atomic mass is 31.2. The van der Waals surface area contributed by atoms with Gasteiger partial charge in [-0.15, -0.1) is 0 Å². The van der Waals surface area contributed by atoms with Crippen LogP contribution in [-0.4, -0.2) is 96.7 Å². The van der Waals surface area contributed by atoms with Crippen molar-refractivity contribution < 1.29 is 80.2 Å². The second kappa shape index (κ2) is 76.1. The monoisotopic (exact) mass is 1540 g/mol. The highest BCUT2D eigenvalue weighted by Crippen LogP contribution is 2.45. The molecule has 0 amide bonds. The number of phosphoric acid groups is 2. The average Bonchev–Trinajstić information content (AvgIpc) is 0.914. The van der Waals surface area contributed by atoms with Crippen molar-refractivity contribution in [3.63, 3.8) is 0 Å². The lowest BCUT2D eigenvalue weighted by Gasteiger charge is -2.21. The summed E-state index contributed by atoms with van der Waals surface area (Å²) in [4.78, 5) is 73.3. The fourth-order valence-corrected chi connectivity index (χ4v) is 14.9. The minimum atomic E-state index is -4.97. The lowest BCUT2D eigenvalue weighted by molar-refractivity contribution is -0.161. The number of phosphoric ester groups is 2. The number of hydrogen-bond acceptors (Lipinski definition) is 15. The van der Waals surface area contributed by atoms with E-state index in [2.05, 4.69) is 48.5 Å². The molecule has 0 heterocycles. The molecule has 0 saturated carbocycles. The summed E-state index contributed by atoms with van der Waals surface area (Å²) >= 11 is 0. The number of unbranched alkanes of at least 4 members (excludes halogenated alkanes) is 51. The number of carbonyl (C=O) groups is 4. The van der Waals surface area contributed by atoms with Crippen LogP contribution in [0.1, 0.15) is 453 Å². The maximum atomic E-state index is 13.2. The number of carbonyl (C=O) groups excluding carboxylic acids is 4. The van der Waals surface area contributed by atoms with Gasteiger partial charge in [0, 0.05) is 25.7 Å². The SMILES string of the molecule is CCCCCCCCCCCCCCCCCCCCCC(=O)OC[C@H](COP(=O)(O)OC[C@@H](O)COP(=O)(O)OC[C@@H](COC(=O)CCCCCCCCCCC(C)CC)OC(=O)CCCCCCCCCCCCCCC(C)C)OC(=O)CCCCCCCCCCCCCCCCCCC(C)C. The van der Waals surface area contributed by atoms with Gasteiger partial charge in [-0.2, -0.15) is 0 Å².